The highest BCUT2D eigenvalue weighted by Crippen LogP contribution is 2.37. The Bertz CT molecular complexity index is 1490. The van der Waals surface area contributed by atoms with Gasteiger partial charge in [0.05, 0.1) is 18.6 Å². The van der Waals surface area contributed by atoms with Crippen LogP contribution >= 0.6 is 35.0 Å². The number of nitrogens with zero attached hydrogens (tertiary/aromatic N) is 1. The minimum Gasteiger partial charge on any atom is -0.493 e. The molecule has 1 fully saturated rings. The van der Waals surface area contributed by atoms with Crippen molar-refractivity contribution in [3.05, 3.63) is 92.3 Å². The zero-order valence-corrected chi connectivity index (χ0v) is 22.2. The van der Waals surface area contributed by atoms with E-state index < -0.39 is 21.3 Å². The summed E-state index contributed by atoms with van der Waals surface area (Å²) < 4.78 is 36.1. The topological polar surface area (TPSA) is 90.0 Å². The van der Waals surface area contributed by atoms with E-state index in [1.165, 1.54) is 43.5 Å². The van der Waals surface area contributed by atoms with E-state index in [4.69, 9.17) is 32.1 Å². The van der Waals surface area contributed by atoms with Gasteiger partial charge < -0.3 is 8.92 Å². The standard InChI is InChI=1S/C25H19Cl2NO6S2/c1-15-3-8-19(9-4-15)36(31,32)34-22-11-16(5-10-21(22)33-2)12-23-24(29)28(25(30)35-23)14-17-6-7-18(26)13-20(17)27/h3-13H,14H2,1-2H3/b23-12-. The summed E-state index contributed by atoms with van der Waals surface area (Å²) in [4.78, 5) is 26.7. The number of hydrogen-bond donors (Lipinski definition) is 0. The third kappa shape index (κ3) is 5.70. The SMILES string of the molecule is COc1ccc(/C=C2\SC(=O)N(Cc3ccc(Cl)cc3Cl)C2=O)cc1OS(=O)(=O)c1ccc(C)cc1. The molecular formula is C25H19Cl2NO6S2. The second kappa shape index (κ2) is 10.6. The predicted molar refractivity (Wildman–Crippen MR) is 140 cm³/mol. The van der Waals surface area contributed by atoms with Gasteiger partial charge in [-0.15, -0.1) is 0 Å². The molecule has 0 radical (unpaired) electrons. The normalized spacial score (nSPS) is 15.0. The van der Waals surface area contributed by atoms with E-state index in [1.807, 2.05) is 6.92 Å². The van der Waals surface area contributed by atoms with Gasteiger partial charge in [-0.2, -0.15) is 8.42 Å². The molecule has 0 atom stereocenters. The monoisotopic (exact) mass is 563 g/mol. The number of halogens is 2. The molecule has 3 aromatic rings. The van der Waals surface area contributed by atoms with E-state index in [1.54, 1.807) is 30.3 Å². The first-order chi connectivity index (χ1) is 17.1. The second-order valence-corrected chi connectivity index (χ2v) is 11.1. The zero-order valence-electron chi connectivity index (χ0n) is 19.0. The zero-order chi connectivity index (χ0) is 26.0. The number of hydrogen-bond acceptors (Lipinski definition) is 7. The lowest BCUT2D eigenvalue weighted by atomic mass is 10.1. The smallest absolute Gasteiger partial charge is 0.339 e. The van der Waals surface area contributed by atoms with Crippen molar-refractivity contribution >= 4 is 62.3 Å². The van der Waals surface area contributed by atoms with E-state index in [0.29, 0.717) is 21.2 Å². The van der Waals surface area contributed by atoms with Gasteiger partial charge in [0, 0.05) is 10.0 Å². The Labute approximate surface area is 222 Å². The van der Waals surface area contributed by atoms with Crippen LogP contribution in [0.4, 0.5) is 4.79 Å². The maximum atomic E-state index is 12.9. The fraction of sp³-hybridized carbons (Fsp3) is 0.120. The predicted octanol–water partition coefficient (Wildman–Crippen LogP) is 6.31. The molecule has 7 nitrogen and oxygen atoms in total. The highest BCUT2D eigenvalue weighted by atomic mass is 35.5. The highest BCUT2D eigenvalue weighted by Gasteiger charge is 2.35. The van der Waals surface area contributed by atoms with Crippen molar-refractivity contribution in [3.63, 3.8) is 0 Å². The molecule has 0 bridgehead atoms. The number of ether oxygens (including phenoxy) is 1. The average Bonchev–Trinajstić information content (AvgIpc) is 3.08. The first-order valence-corrected chi connectivity index (χ1v) is 13.4. The maximum absolute atomic E-state index is 12.9. The van der Waals surface area contributed by atoms with Crippen molar-refractivity contribution in [2.45, 2.75) is 18.4 Å². The van der Waals surface area contributed by atoms with E-state index in [-0.39, 0.29) is 27.8 Å². The summed E-state index contributed by atoms with van der Waals surface area (Å²) in [5.74, 6) is -0.367. The van der Waals surface area contributed by atoms with Crippen LogP contribution in [0.5, 0.6) is 11.5 Å². The molecule has 1 aliphatic rings. The second-order valence-electron chi connectivity index (χ2n) is 7.76. The molecular weight excluding hydrogens is 545 g/mol. The van der Waals surface area contributed by atoms with Crippen molar-refractivity contribution in [2.75, 3.05) is 7.11 Å². The van der Waals surface area contributed by atoms with Crippen molar-refractivity contribution in [3.8, 4) is 11.5 Å². The van der Waals surface area contributed by atoms with E-state index in [2.05, 4.69) is 0 Å². The molecule has 0 unspecified atom stereocenters. The van der Waals surface area contributed by atoms with Gasteiger partial charge >= 0.3 is 10.1 Å². The third-order valence-corrected chi connectivity index (χ3v) is 7.95. The Morgan fingerprint density at radius 2 is 1.69 bits per heavy atom. The van der Waals surface area contributed by atoms with Crippen LogP contribution in [0.15, 0.2) is 70.5 Å². The molecule has 36 heavy (non-hydrogen) atoms. The fourth-order valence-corrected chi connectivity index (χ4v) is 5.57. The maximum Gasteiger partial charge on any atom is 0.339 e. The summed E-state index contributed by atoms with van der Waals surface area (Å²) in [6.07, 6.45) is 1.49. The Hall–Kier alpha value is -2.98. The summed E-state index contributed by atoms with van der Waals surface area (Å²) in [6, 6.07) is 15.6. The largest absolute Gasteiger partial charge is 0.493 e. The average molecular weight is 564 g/mol. The minimum absolute atomic E-state index is 0.0101. The first-order valence-electron chi connectivity index (χ1n) is 10.5. The van der Waals surface area contributed by atoms with Gasteiger partial charge in [0.15, 0.2) is 11.5 Å². The molecule has 0 N–H and O–H groups in total. The molecule has 0 spiro atoms. The summed E-state index contributed by atoms with van der Waals surface area (Å²) in [6.45, 7) is 1.83. The Morgan fingerprint density at radius 3 is 2.36 bits per heavy atom. The Kier molecular flexibility index (Phi) is 7.65. The van der Waals surface area contributed by atoms with Crippen LogP contribution in [-0.4, -0.2) is 31.6 Å². The number of rotatable bonds is 7. The molecule has 3 aromatic carbocycles. The number of thioether (sulfide) groups is 1. The van der Waals surface area contributed by atoms with Crippen molar-refractivity contribution in [1.29, 1.82) is 0 Å². The van der Waals surface area contributed by atoms with Crippen LogP contribution in [0.3, 0.4) is 0 Å². The van der Waals surface area contributed by atoms with Crippen molar-refractivity contribution in [2.24, 2.45) is 0 Å². The molecule has 2 amide bonds. The Balaban J connectivity index is 1.59. The van der Waals surface area contributed by atoms with Gasteiger partial charge in [0.2, 0.25) is 0 Å². The first kappa shape index (κ1) is 26.1. The Morgan fingerprint density at radius 1 is 0.972 bits per heavy atom. The molecule has 0 aromatic heterocycles. The molecule has 11 heteroatoms. The van der Waals surface area contributed by atoms with E-state index in [0.717, 1.165) is 22.2 Å². The summed E-state index contributed by atoms with van der Waals surface area (Å²) in [5, 5.41) is 0.334. The van der Waals surface area contributed by atoms with E-state index in [9.17, 15) is 18.0 Å². The molecule has 1 aliphatic heterocycles. The molecule has 1 heterocycles. The highest BCUT2D eigenvalue weighted by molar-refractivity contribution is 8.18. The lowest BCUT2D eigenvalue weighted by Gasteiger charge is -2.14. The van der Waals surface area contributed by atoms with Crippen molar-refractivity contribution in [1.82, 2.24) is 4.90 Å². The van der Waals surface area contributed by atoms with Gasteiger partial charge in [-0.1, -0.05) is 53.0 Å². The van der Waals surface area contributed by atoms with Crippen LogP contribution < -0.4 is 8.92 Å². The number of methoxy groups -OCH3 is 1. The molecule has 0 saturated carbocycles. The number of carbonyl (C=O) groups excluding carboxylic acids is 2. The van der Waals surface area contributed by atoms with Gasteiger partial charge in [0.1, 0.15) is 4.90 Å². The number of carbonyl (C=O) groups is 2. The lowest BCUT2D eigenvalue weighted by Crippen LogP contribution is -2.27. The lowest BCUT2D eigenvalue weighted by molar-refractivity contribution is -0.123. The van der Waals surface area contributed by atoms with Gasteiger partial charge in [0.25, 0.3) is 11.1 Å². The van der Waals surface area contributed by atoms with Crippen LogP contribution in [-0.2, 0) is 21.5 Å². The summed E-state index contributed by atoms with van der Waals surface area (Å²) in [7, 11) is -2.75. The molecule has 4 rings (SSSR count). The van der Waals surface area contributed by atoms with Gasteiger partial charge in [-0.25, -0.2) is 0 Å². The number of imide groups is 1. The molecule has 1 saturated heterocycles. The fourth-order valence-electron chi connectivity index (χ4n) is 3.33. The van der Waals surface area contributed by atoms with Crippen LogP contribution in [0.25, 0.3) is 6.08 Å². The van der Waals surface area contributed by atoms with E-state index >= 15 is 0 Å². The quantitative estimate of drug-likeness (QED) is 0.245. The van der Waals surface area contributed by atoms with Crippen molar-refractivity contribution < 1.29 is 26.9 Å². The molecule has 186 valence electrons. The third-order valence-electron chi connectivity index (χ3n) is 5.21. The number of benzene rings is 3. The summed E-state index contributed by atoms with van der Waals surface area (Å²) >= 11 is 12.9. The van der Waals surface area contributed by atoms with Gasteiger partial charge in [-0.3, -0.25) is 14.5 Å². The molecule has 0 aliphatic carbocycles. The number of aryl methyl sites for hydroxylation is 1. The van der Waals surface area contributed by atoms with Crippen LogP contribution in [0.2, 0.25) is 10.0 Å². The number of amides is 2. The summed E-state index contributed by atoms with van der Waals surface area (Å²) in [5.41, 5.74) is 1.92. The van der Waals surface area contributed by atoms with Crippen LogP contribution in [0.1, 0.15) is 16.7 Å². The minimum atomic E-state index is -4.13. The van der Waals surface area contributed by atoms with Crippen LogP contribution in [0, 0.1) is 6.92 Å². The van der Waals surface area contributed by atoms with Gasteiger partial charge in [-0.05, 0) is 72.3 Å².